The zero-order valence-corrected chi connectivity index (χ0v) is 12.1. The summed E-state index contributed by atoms with van der Waals surface area (Å²) >= 11 is 12.2. The van der Waals surface area contributed by atoms with E-state index in [0.717, 1.165) is 17.5 Å². The Hall–Kier alpha value is -1.22. The molecule has 0 aliphatic carbocycles. The number of hydrogen-bond donors (Lipinski definition) is 1. The van der Waals surface area contributed by atoms with E-state index in [2.05, 4.69) is 0 Å². The van der Waals surface area contributed by atoms with Gasteiger partial charge < -0.3 is 10.5 Å². The standard InChI is InChI=1S/C15H15Cl2NO/c1-10-5-6-12(16)9-14(10)19-15-11(7-8-18)3-2-4-13(15)17/h2-6,9H,7-8,18H2,1H3. The average molecular weight is 296 g/mol. The minimum absolute atomic E-state index is 0.547. The van der Waals surface area contributed by atoms with Crippen LogP contribution >= 0.6 is 23.2 Å². The summed E-state index contributed by atoms with van der Waals surface area (Å²) in [7, 11) is 0. The lowest BCUT2D eigenvalue weighted by Gasteiger charge is -2.14. The van der Waals surface area contributed by atoms with Crippen molar-refractivity contribution in [2.24, 2.45) is 5.73 Å². The molecule has 0 aliphatic heterocycles. The van der Waals surface area contributed by atoms with Gasteiger partial charge in [-0.15, -0.1) is 0 Å². The summed E-state index contributed by atoms with van der Waals surface area (Å²) in [5.74, 6) is 1.36. The Morgan fingerprint density at radius 3 is 2.68 bits per heavy atom. The van der Waals surface area contributed by atoms with Crippen LogP contribution in [0.4, 0.5) is 0 Å². The highest BCUT2D eigenvalue weighted by Gasteiger charge is 2.11. The summed E-state index contributed by atoms with van der Waals surface area (Å²) in [5, 5.41) is 1.21. The van der Waals surface area contributed by atoms with Gasteiger partial charge in [-0.1, -0.05) is 41.4 Å². The Labute approximate surface area is 123 Å². The maximum atomic E-state index is 6.21. The molecule has 4 heteroatoms. The summed E-state index contributed by atoms with van der Waals surface area (Å²) in [6.45, 7) is 2.51. The fourth-order valence-electron chi connectivity index (χ4n) is 1.81. The normalized spacial score (nSPS) is 10.5. The molecule has 2 aromatic rings. The van der Waals surface area contributed by atoms with Crippen molar-refractivity contribution in [1.29, 1.82) is 0 Å². The van der Waals surface area contributed by atoms with Gasteiger partial charge >= 0.3 is 0 Å². The van der Waals surface area contributed by atoms with Crippen LogP contribution in [0.5, 0.6) is 11.5 Å². The van der Waals surface area contributed by atoms with Gasteiger partial charge in [-0.3, -0.25) is 0 Å². The lowest BCUT2D eigenvalue weighted by Crippen LogP contribution is -2.04. The molecule has 0 aromatic heterocycles. The predicted molar refractivity (Wildman–Crippen MR) is 80.5 cm³/mol. The largest absolute Gasteiger partial charge is 0.455 e. The van der Waals surface area contributed by atoms with E-state index in [0.29, 0.717) is 28.1 Å². The van der Waals surface area contributed by atoms with Crippen LogP contribution in [0.2, 0.25) is 10.0 Å². The molecule has 0 bridgehead atoms. The molecule has 2 N–H and O–H groups in total. The van der Waals surface area contributed by atoms with Crippen LogP contribution < -0.4 is 10.5 Å². The first kappa shape index (κ1) is 14.2. The smallest absolute Gasteiger partial charge is 0.149 e. The summed E-state index contributed by atoms with van der Waals surface area (Å²) in [5.41, 5.74) is 7.60. The van der Waals surface area contributed by atoms with Crippen molar-refractivity contribution in [3.63, 3.8) is 0 Å². The topological polar surface area (TPSA) is 35.2 Å². The minimum atomic E-state index is 0.547. The third kappa shape index (κ3) is 3.41. The number of ether oxygens (including phenoxy) is 1. The van der Waals surface area contributed by atoms with Gasteiger partial charge in [0, 0.05) is 5.02 Å². The Bertz CT molecular complexity index is 584. The first-order valence-corrected chi connectivity index (χ1v) is 6.79. The maximum absolute atomic E-state index is 6.21. The maximum Gasteiger partial charge on any atom is 0.149 e. The molecule has 0 saturated carbocycles. The van der Waals surface area contributed by atoms with Crippen LogP contribution in [-0.2, 0) is 6.42 Å². The van der Waals surface area contributed by atoms with Crippen molar-refractivity contribution in [3.8, 4) is 11.5 Å². The van der Waals surface area contributed by atoms with Gasteiger partial charge in [0.15, 0.2) is 0 Å². The summed E-state index contributed by atoms with van der Waals surface area (Å²) in [4.78, 5) is 0. The highest BCUT2D eigenvalue weighted by atomic mass is 35.5. The zero-order valence-electron chi connectivity index (χ0n) is 10.6. The number of nitrogens with two attached hydrogens (primary N) is 1. The van der Waals surface area contributed by atoms with E-state index in [9.17, 15) is 0 Å². The Morgan fingerprint density at radius 2 is 1.95 bits per heavy atom. The molecule has 2 nitrogen and oxygen atoms in total. The number of halogens is 2. The molecule has 0 amide bonds. The van der Waals surface area contributed by atoms with Crippen LogP contribution in [0.25, 0.3) is 0 Å². The number of aryl methyl sites for hydroxylation is 1. The summed E-state index contributed by atoms with van der Waals surface area (Å²) in [6.07, 6.45) is 0.718. The summed E-state index contributed by atoms with van der Waals surface area (Å²) < 4.78 is 5.93. The van der Waals surface area contributed by atoms with Gasteiger partial charge in [-0.05, 0) is 49.2 Å². The monoisotopic (exact) mass is 295 g/mol. The molecule has 0 atom stereocenters. The minimum Gasteiger partial charge on any atom is -0.455 e. The van der Waals surface area contributed by atoms with E-state index in [1.807, 2.05) is 31.2 Å². The second kappa shape index (κ2) is 6.29. The van der Waals surface area contributed by atoms with Crippen molar-refractivity contribution >= 4 is 23.2 Å². The molecule has 0 saturated heterocycles. The van der Waals surface area contributed by atoms with E-state index >= 15 is 0 Å². The first-order valence-electron chi connectivity index (χ1n) is 6.03. The molecule has 0 radical (unpaired) electrons. The molecule has 100 valence electrons. The molecule has 0 aliphatic rings. The van der Waals surface area contributed by atoms with Crippen LogP contribution in [0, 0.1) is 6.92 Å². The molecule has 0 fully saturated rings. The third-order valence-corrected chi connectivity index (χ3v) is 3.36. The highest BCUT2D eigenvalue weighted by Crippen LogP contribution is 2.35. The van der Waals surface area contributed by atoms with Gasteiger partial charge in [0.05, 0.1) is 5.02 Å². The first-order chi connectivity index (χ1) is 9.11. The third-order valence-electron chi connectivity index (χ3n) is 2.82. The lowest BCUT2D eigenvalue weighted by molar-refractivity contribution is 0.473. The molecule has 0 unspecified atom stereocenters. The van der Waals surface area contributed by atoms with Gasteiger partial charge in [0.25, 0.3) is 0 Å². The van der Waals surface area contributed by atoms with Crippen molar-refractivity contribution in [2.45, 2.75) is 13.3 Å². The molecule has 0 heterocycles. The van der Waals surface area contributed by atoms with Gasteiger partial charge in [0.1, 0.15) is 11.5 Å². The zero-order chi connectivity index (χ0) is 13.8. The van der Waals surface area contributed by atoms with E-state index in [-0.39, 0.29) is 0 Å². The number of para-hydroxylation sites is 1. The van der Waals surface area contributed by atoms with Gasteiger partial charge in [-0.25, -0.2) is 0 Å². The fourth-order valence-corrected chi connectivity index (χ4v) is 2.21. The van der Waals surface area contributed by atoms with Crippen LogP contribution in [0.3, 0.4) is 0 Å². The fraction of sp³-hybridized carbons (Fsp3) is 0.200. The SMILES string of the molecule is Cc1ccc(Cl)cc1Oc1c(Cl)cccc1CCN. The average Bonchev–Trinajstić information content (AvgIpc) is 2.38. The number of rotatable bonds is 4. The second-order valence-electron chi connectivity index (χ2n) is 4.28. The Balaban J connectivity index is 2.39. The highest BCUT2D eigenvalue weighted by molar-refractivity contribution is 6.32. The van der Waals surface area contributed by atoms with Crippen LogP contribution in [0.1, 0.15) is 11.1 Å². The number of hydrogen-bond acceptors (Lipinski definition) is 2. The Morgan fingerprint density at radius 1 is 1.16 bits per heavy atom. The van der Waals surface area contributed by atoms with E-state index in [1.165, 1.54) is 0 Å². The van der Waals surface area contributed by atoms with Crippen molar-refractivity contribution in [2.75, 3.05) is 6.54 Å². The van der Waals surface area contributed by atoms with E-state index < -0.39 is 0 Å². The van der Waals surface area contributed by atoms with E-state index in [1.54, 1.807) is 12.1 Å². The predicted octanol–water partition coefficient (Wildman–Crippen LogP) is 4.60. The summed E-state index contributed by atoms with van der Waals surface area (Å²) in [6, 6.07) is 11.2. The van der Waals surface area contributed by atoms with Gasteiger partial charge in [-0.2, -0.15) is 0 Å². The quantitative estimate of drug-likeness (QED) is 0.895. The molecular weight excluding hydrogens is 281 g/mol. The second-order valence-corrected chi connectivity index (χ2v) is 5.12. The number of benzene rings is 2. The molecular formula is C15H15Cl2NO. The van der Waals surface area contributed by atoms with Crippen molar-refractivity contribution in [3.05, 3.63) is 57.6 Å². The molecule has 2 rings (SSSR count). The van der Waals surface area contributed by atoms with E-state index in [4.69, 9.17) is 33.7 Å². The van der Waals surface area contributed by atoms with Crippen LogP contribution in [-0.4, -0.2) is 6.54 Å². The molecule has 2 aromatic carbocycles. The lowest BCUT2D eigenvalue weighted by atomic mass is 10.1. The van der Waals surface area contributed by atoms with Crippen molar-refractivity contribution in [1.82, 2.24) is 0 Å². The van der Waals surface area contributed by atoms with Crippen LogP contribution in [0.15, 0.2) is 36.4 Å². The molecule has 0 spiro atoms. The molecule has 19 heavy (non-hydrogen) atoms. The van der Waals surface area contributed by atoms with Crippen molar-refractivity contribution < 1.29 is 4.74 Å². The Kier molecular flexibility index (Phi) is 4.70. The van der Waals surface area contributed by atoms with Gasteiger partial charge in [0.2, 0.25) is 0 Å².